The Morgan fingerprint density at radius 1 is 1.30 bits per heavy atom. The van der Waals surface area contributed by atoms with E-state index < -0.39 is 17.3 Å². The van der Waals surface area contributed by atoms with E-state index in [0.29, 0.717) is 11.1 Å². The molecule has 2 rings (SSSR count). The average molecular weight is 327 g/mol. The molecule has 0 aliphatic carbocycles. The molecule has 23 heavy (non-hydrogen) atoms. The standard InChI is InChI=1S/C16H20F3N3O/c1-11(12-5-4-6-13(7-12)16(17,18)19)20-10-15(2,23)14-8-21-22(3)9-14/h4-9,11,20,23H,10H2,1-3H3. The lowest BCUT2D eigenvalue weighted by Crippen LogP contribution is -2.36. The van der Waals surface area contributed by atoms with Crippen molar-refractivity contribution in [2.45, 2.75) is 31.7 Å². The molecule has 0 bridgehead atoms. The Hall–Kier alpha value is -1.86. The van der Waals surface area contributed by atoms with Crippen molar-refractivity contribution in [1.82, 2.24) is 15.1 Å². The van der Waals surface area contributed by atoms with E-state index in [1.807, 2.05) is 0 Å². The highest BCUT2D eigenvalue weighted by atomic mass is 19.4. The van der Waals surface area contributed by atoms with Gasteiger partial charge in [0.1, 0.15) is 5.60 Å². The molecule has 4 nitrogen and oxygen atoms in total. The Kier molecular flexibility index (Phi) is 4.81. The van der Waals surface area contributed by atoms with E-state index in [0.717, 1.165) is 12.1 Å². The van der Waals surface area contributed by atoms with Crippen molar-refractivity contribution < 1.29 is 18.3 Å². The van der Waals surface area contributed by atoms with E-state index >= 15 is 0 Å². The minimum atomic E-state index is -4.36. The summed E-state index contributed by atoms with van der Waals surface area (Å²) < 4.78 is 39.9. The van der Waals surface area contributed by atoms with Gasteiger partial charge in [-0.1, -0.05) is 12.1 Å². The molecule has 2 unspecified atom stereocenters. The molecule has 1 aromatic heterocycles. The first-order chi connectivity index (χ1) is 10.6. The van der Waals surface area contributed by atoms with Crippen LogP contribution in [0, 0.1) is 0 Å². The Morgan fingerprint density at radius 3 is 2.57 bits per heavy atom. The summed E-state index contributed by atoms with van der Waals surface area (Å²) in [7, 11) is 1.75. The van der Waals surface area contributed by atoms with Gasteiger partial charge >= 0.3 is 6.18 Å². The molecule has 0 amide bonds. The number of hydrogen-bond acceptors (Lipinski definition) is 3. The third-order valence-corrected chi connectivity index (χ3v) is 3.79. The quantitative estimate of drug-likeness (QED) is 0.888. The van der Waals surface area contributed by atoms with Crippen molar-refractivity contribution >= 4 is 0 Å². The minimum absolute atomic E-state index is 0.191. The Balaban J connectivity index is 2.06. The van der Waals surface area contributed by atoms with Gasteiger partial charge in [-0.15, -0.1) is 0 Å². The molecule has 0 spiro atoms. The molecular formula is C16H20F3N3O. The molecule has 2 aromatic rings. The van der Waals surface area contributed by atoms with Crippen LogP contribution in [0.4, 0.5) is 13.2 Å². The Bertz CT molecular complexity index is 665. The second-order valence-corrected chi connectivity index (χ2v) is 5.90. The van der Waals surface area contributed by atoms with Crippen LogP contribution in [0.5, 0.6) is 0 Å². The maximum Gasteiger partial charge on any atom is 0.416 e. The van der Waals surface area contributed by atoms with Crippen LogP contribution in [0.3, 0.4) is 0 Å². The Morgan fingerprint density at radius 2 is 2.00 bits per heavy atom. The summed E-state index contributed by atoms with van der Waals surface area (Å²) in [6.45, 7) is 3.58. The molecule has 1 heterocycles. The maximum absolute atomic E-state index is 12.8. The monoisotopic (exact) mass is 327 g/mol. The topological polar surface area (TPSA) is 50.1 Å². The fourth-order valence-electron chi connectivity index (χ4n) is 2.26. The van der Waals surface area contributed by atoms with Crippen LogP contribution < -0.4 is 5.32 Å². The molecule has 0 saturated carbocycles. The fourth-order valence-corrected chi connectivity index (χ4v) is 2.26. The van der Waals surface area contributed by atoms with Crippen molar-refractivity contribution in [2.75, 3.05) is 6.54 Å². The molecule has 0 aliphatic rings. The fraction of sp³-hybridized carbons (Fsp3) is 0.438. The number of aliphatic hydroxyl groups is 1. The first-order valence-corrected chi connectivity index (χ1v) is 7.21. The number of halogens is 3. The molecule has 0 saturated heterocycles. The molecule has 0 fully saturated rings. The van der Waals surface area contributed by atoms with Gasteiger partial charge in [-0.2, -0.15) is 18.3 Å². The van der Waals surface area contributed by atoms with Crippen molar-refractivity contribution in [3.8, 4) is 0 Å². The molecule has 126 valence electrons. The summed E-state index contributed by atoms with van der Waals surface area (Å²) in [5.41, 5.74) is -0.683. The van der Waals surface area contributed by atoms with Gasteiger partial charge < -0.3 is 10.4 Å². The lowest BCUT2D eigenvalue weighted by Gasteiger charge is -2.25. The van der Waals surface area contributed by atoms with Crippen LogP contribution in [-0.4, -0.2) is 21.4 Å². The number of rotatable bonds is 5. The number of alkyl halides is 3. The molecular weight excluding hydrogens is 307 g/mol. The van der Waals surface area contributed by atoms with E-state index in [1.165, 1.54) is 6.07 Å². The second kappa shape index (κ2) is 6.33. The van der Waals surface area contributed by atoms with E-state index in [9.17, 15) is 18.3 Å². The number of aromatic nitrogens is 2. The first-order valence-electron chi connectivity index (χ1n) is 7.21. The van der Waals surface area contributed by atoms with E-state index in [2.05, 4.69) is 10.4 Å². The predicted molar refractivity (Wildman–Crippen MR) is 80.6 cm³/mol. The van der Waals surface area contributed by atoms with Crippen LogP contribution in [0.2, 0.25) is 0 Å². The van der Waals surface area contributed by atoms with Crippen molar-refractivity contribution in [3.63, 3.8) is 0 Å². The number of aryl methyl sites for hydroxylation is 1. The number of nitrogens with one attached hydrogen (secondary N) is 1. The number of benzene rings is 1. The zero-order valence-corrected chi connectivity index (χ0v) is 13.2. The van der Waals surface area contributed by atoms with E-state index in [1.54, 1.807) is 44.0 Å². The summed E-state index contributed by atoms with van der Waals surface area (Å²) >= 11 is 0. The average Bonchev–Trinajstić information content (AvgIpc) is 2.91. The van der Waals surface area contributed by atoms with Crippen molar-refractivity contribution in [1.29, 1.82) is 0 Å². The van der Waals surface area contributed by atoms with Crippen LogP contribution in [-0.2, 0) is 18.8 Å². The number of hydrogen-bond donors (Lipinski definition) is 2. The molecule has 2 N–H and O–H groups in total. The van der Waals surface area contributed by atoms with Crippen LogP contribution in [0.25, 0.3) is 0 Å². The van der Waals surface area contributed by atoms with Gasteiger partial charge in [-0.3, -0.25) is 4.68 Å². The highest BCUT2D eigenvalue weighted by Gasteiger charge is 2.31. The van der Waals surface area contributed by atoms with Crippen LogP contribution in [0.15, 0.2) is 36.7 Å². The second-order valence-electron chi connectivity index (χ2n) is 5.90. The lowest BCUT2D eigenvalue weighted by molar-refractivity contribution is -0.137. The molecule has 7 heteroatoms. The predicted octanol–water partition coefficient (Wildman–Crippen LogP) is 3.00. The number of nitrogens with zero attached hydrogens (tertiary/aromatic N) is 2. The summed E-state index contributed by atoms with van der Waals surface area (Å²) in [6, 6.07) is 4.85. The highest BCUT2D eigenvalue weighted by molar-refractivity contribution is 5.27. The van der Waals surface area contributed by atoms with Gasteiger partial charge in [0.2, 0.25) is 0 Å². The van der Waals surface area contributed by atoms with Gasteiger partial charge in [0.05, 0.1) is 11.8 Å². The van der Waals surface area contributed by atoms with Crippen LogP contribution in [0.1, 0.15) is 36.6 Å². The first kappa shape index (κ1) is 17.5. The van der Waals surface area contributed by atoms with Gasteiger partial charge in [-0.25, -0.2) is 0 Å². The van der Waals surface area contributed by atoms with Crippen molar-refractivity contribution in [3.05, 3.63) is 53.3 Å². The zero-order valence-electron chi connectivity index (χ0n) is 13.2. The third-order valence-electron chi connectivity index (χ3n) is 3.79. The Labute approximate surface area is 132 Å². The summed E-state index contributed by atoms with van der Waals surface area (Å²) in [5, 5.41) is 17.6. The van der Waals surface area contributed by atoms with Gasteiger partial charge in [0.15, 0.2) is 0 Å². The summed E-state index contributed by atoms with van der Waals surface area (Å²) in [4.78, 5) is 0. The SMILES string of the molecule is CC(NCC(C)(O)c1cnn(C)c1)c1cccc(C(F)(F)F)c1. The van der Waals surface area contributed by atoms with Crippen LogP contribution >= 0.6 is 0 Å². The molecule has 2 atom stereocenters. The summed E-state index contributed by atoms with van der Waals surface area (Å²) in [5.74, 6) is 0. The highest BCUT2D eigenvalue weighted by Crippen LogP contribution is 2.31. The van der Waals surface area contributed by atoms with Gasteiger partial charge in [0, 0.05) is 31.4 Å². The van der Waals surface area contributed by atoms with Crippen molar-refractivity contribution in [2.24, 2.45) is 7.05 Å². The minimum Gasteiger partial charge on any atom is -0.384 e. The lowest BCUT2D eigenvalue weighted by atomic mass is 9.98. The van der Waals surface area contributed by atoms with Gasteiger partial charge in [0.25, 0.3) is 0 Å². The maximum atomic E-state index is 12.8. The molecule has 1 aromatic carbocycles. The normalized spacial score (nSPS) is 16.1. The molecule has 0 radical (unpaired) electrons. The summed E-state index contributed by atoms with van der Waals surface area (Å²) in [6.07, 6.45) is -1.09. The zero-order chi connectivity index (χ0) is 17.3. The molecule has 0 aliphatic heterocycles. The van der Waals surface area contributed by atoms with E-state index in [4.69, 9.17) is 0 Å². The van der Waals surface area contributed by atoms with E-state index in [-0.39, 0.29) is 12.6 Å². The largest absolute Gasteiger partial charge is 0.416 e. The third kappa shape index (κ3) is 4.33. The smallest absolute Gasteiger partial charge is 0.384 e. The van der Waals surface area contributed by atoms with Gasteiger partial charge in [-0.05, 0) is 31.5 Å².